The van der Waals surface area contributed by atoms with Crippen molar-refractivity contribution in [2.45, 2.75) is 77.3 Å². The van der Waals surface area contributed by atoms with Crippen LogP contribution in [0.25, 0.3) is 10.8 Å². The molecule has 4 aromatic rings. The lowest BCUT2D eigenvalue weighted by atomic mass is 9.92. The molecule has 0 aliphatic carbocycles. The number of H-pyrrole nitrogens is 1. The molecule has 3 aromatic carbocycles. The highest BCUT2D eigenvalue weighted by Gasteiger charge is 2.33. The van der Waals surface area contributed by atoms with Crippen LogP contribution in [0.2, 0.25) is 0 Å². The van der Waals surface area contributed by atoms with Crippen LogP contribution in [0.3, 0.4) is 0 Å². The van der Waals surface area contributed by atoms with Crippen LogP contribution in [0.15, 0.2) is 85.3 Å². The van der Waals surface area contributed by atoms with Gasteiger partial charge in [-0.05, 0) is 34.7 Å². The van der Waals surface area contributed by atoms with E-state index in [0.29, 0.717) is 12.1 Å². The minimum absolute atomic E-state index is 0.00522. The van der Waals surface area contributed by atoms with Crippen LogP contribution in [0.5, 0.6) is 0 Å². The summed E-state index contributed by atoms with van der Waals surface area (Å²) in [6.07, 6.45) is 1.44. The Morgan fingerprint density at radius 3 is 2.24 bits per heavy atom. The number of imidazole rings is 1. The van der Waals surface area contributed by atoms with Crippen LogP contribution >= 0.6 is 0 Å². The SMILES string of the molecule is CCOC(=O)CC(O)C(NC(=O)[C@H](Cc1cnc[nH]1)NC(=O)[C@H](Cc1cccc2ccccc12)NC(=O)OCc1ccccc1)C(C)CC. The Morgan fingerprint density at radius 1 is 0.837 bits per heavy atom. The molecule has 5 N–H and O–H groups in total. The third kappa shape index (κ3) is 10.9. The quantitative estimate of drug-likeness (QED) is 0.105. The van der Waals surface area contributed by atoms with E-state index < -0.39 is 48.1 Å². The van der Waals surface area contributed by atoms with Gasteiger partial charge < -0.3 is 35.5 Å². The van der Waals surface area contributed by atoms with Crippen molar-refractivity contribution in [2.75, 3.05) is 6.61 Å². The van der Waals surface area contributed by atoms with Crippen molar-refractivity contribution < 1.29 is 33.8 Å². The lowest BCUT2D eigenvalue weighted by Gasteiger charge is -2.31. The molecular formula is C37H45N5O7. The predicted molar refractivity (Wildman–Crippen MR) is 184 cm³/mol. The van der Waals surface area contributed by atoms with E-state index in [2.05, 4.69) is 25.9 Å². The summed E-state index contributed by atoms with van der Waals surface area (Å²) >= 11 is 0. The number of rotatable bonds is 17. The Bertz CT molecular complexity index is 1660. The van der Waals surface area contributed by atoms with E-state index in [1.807, 2.05) is 86.6 Å². The second-order valence-electron chi connectivity index (χ2n) is 11.9. The molecule has 1 heterocycles. The van der Waals surface area contributed by atoms with Gasteiger partial charge in [-0.15, -0.1) is 0 Å². The summed E-state index contributed by atoms with van der Waals surface area (Å²) in [5.74, 6) is -1.98. The highest BCUT2D eigenvalue weighted by atomic mass is 16.5. The molecule has 0 spiro atoms. The standard InChI is InChI=1S/C37H45N5O7/c1-4-24(3)34(32(43)20-33(44)48-5-2)42-36(46)31(19-28-21-38-23-39-28)40-35(45)30(41-37(47)49-22-25-12-7-6-8-13-25)18-27-16-11-15-26-14-9-10-17-29(26)27/h6-17,21,23-24,30-32,34,43H,4-5,18-20,22H2,1-3H3,(H,38,39)(H,40,45)(H,41,47)(H,42,46)/t24?,30-,31-,32?,34?/m0/s1. The molecule has 0 bridgehead atoms. The second-order valence-corrected chi connectivity index (χ2v) is 11.9. The molecule has 0 saturated carbocycles. The molecule has 49 heavy (non-hydrogen) atoms. The number of fused-ring (bicyclic) bond motifs is 1. The Labute approximate surface area is 286 Å². The zero-order valence-electron chi connectivity index (χ0n) is 28.1. The van der Waals surface area contributed by atoms with Gasteiger partial charge in [-0.2, -0.15) is 0 Å². The predicted octanol–water partition coefficient (Wildman–Crippen LogP) is 3.97. The average molecular weight is 672 g/mol. The number of hydrogen-bond donors (Lipinski definition) is 5. The third-order valence-corrected chi connectivity index (χ3v) is 8.40. The van der Waals surface area contributed by atoms with E-state index >= 15 is 0 Å². The first kappa shape index (κ1) is 36.6. The van der Waals surface area contributed by atoms with Gasteiger partial charge in [0.25, 0.3) is 0 Å². The average Bonchev–Trinajstić information content (AvgIpc) is 3.62. The number of nitrogens with zero attached hydrogens (tertiary/aromatic N) is 1. The number of aromatic amines is 1. The summed E-state index contributed by atoms with van der Waals surface area (Å²) in [4.78, 5) is 60.2. The molecule has 0 saturated heterocycles. The van der Waals surface area contributed by atoms with Crippen LogP contribution in [-0.2, 0) is 43.3 Å². The molecule has 1 aromatic heterocycles. The van der Waals surface area contributed by atoms with Crippen LogP contribution in [0.1, 0.15) is 50.4 Å². The zero-order valence-corrected chi connectivity index (χ0v) is 28.1. The van der Waals surface area contributed by atoms with Crippen LogP contribution in [-0.4, -0.2) is 69.8 Å². The fourth-order valence-corrected chi connectivity index (χ4v) is 5.56. The number of alkyl carbamates (subject to hydrolysis) is 1. The molecule has 3 amide bonds. The summed E-state index contributed by atoms with van der Waals surface area (Å²) in [6.45, 7) is 5.60. The van der Waals surface area contributed by atoms with Gasteiger partial charge in [-0.1, -0.05) is 93.1 Å². The molecule has 260 valence electrons. The van der Waals surface area contributed by atoms with Crippen molar-refractivity contribution >= 4 is 34.6 Å². The fourth-order valence-electron chi connectivity index (χ4n) is 5.56. The van der Waals surface area contributed by atoms with Gasteiger partial charge in [0.05, 0.1) is 31.5 Å². The number of carbonyl (C=O) groups is 4. The summed E-state index contributed by atoms with van der Waals surface area (Å²) in [6, 6.07) is 19.6. The van der Waals surface area contributed by atoms with E-state index in [9.17, 15) is 24.3 Å². The van der Waals surface area contributed by atoms with E-state index in [4.69, 9.17) is 9.47 Å². The molecule has 4 rings (SSSR count). The van der Waals surface area contributed by atoms with Crippen LogP contribution in [0, 0.1) is 5.92 Å². The Balaban J connectivity index is 1.58. The molecule has 0 aliphatic heterocycles. The monoisotopic (exact) mass is 671 g/mol. The van der Waals surface area contributed by atoms with Gasteiger partial charge in [-0.3, -0.25) is 14.4 Å². The van der Waals surface area contributed by atoms with E-state index in [1.54, 1.807) is 13.1 Å². The zero-order chi connectivity index (χ0) is 35.2. The third-order valence-electron chi connectivity index (χ3n) is 8.40. The first-order valence-corrected chi connectivity index (χ1v) is 16.5. The molecule has 0 fully saturated rings. The number of aromatic nitrogens is 2. The maximum absolute atomic E-state index is 14.1. The van der Waals surface area contributed by atoms with Gasteiger partial charge in [0.15, 0.2) is 0 Å². The summed E-state index contributed by atoms with van der Waals surface area (Å²) in [5, 5.41) is 21.3. The number of aliphatic hydroxyl groups is 1. The smallest absolute Gasteiger partial charge is 0.408 e. The topological polar surface area (TPSA) is 172 Å². The summed E-state index contributed by atoms with van der Waals surface area (Å²) < 4.78 is 10.5. The molecule has 0 aliphatic rings. The number of hydrogen-bond acceptors (Lipinski definition) is 8. The normalized spacial score (nSPS) is 14.1. The fraction of sp³-hybridized carbons (Fsp3) is 0.378. The molecule has 3 unspecified atom stereocenters. The Morgan fingerprint density at radius 2 is 1.53 bits per heavy atom. The second kappa shape index (κ2) is 18.3. The van der Waals surface area contributed by atoms with Crippen molar-refractivity contribution in [3.05, 3.63) is 102 Å². The van der Waals surface area contributed by atoms with Crippen molar-refractivity contribution in [3.63, 3.8) is 0 Å². The number of ether oxygens (including phenoxy) is 2. The molecule has 0 radical (unpaired) electrons. The van der Waals surface area contributed by atoms with Crippen molar-refractivity contribution in [2.24, 2.45) is 5.92 Å². The maximum Gasteiger partial charge on any atom is 0.408 e. The highest BCUT2D eigenvalue weighted by molar-refractivity contribution is 5.93. The largest absolute Gasteiger partial charge is 0.466 e. The van der Waals surface area contributed by atoms with Crippen molar-refractivity contribution in [1.29, 1.82) is 0 Å². The Hall–Kier alpha value is -5.23. The van der Waals surface area contributed by atoms with E-state index in [0.717, 1.165) is 21.9 Å². The van der Waals surface area contributed by atoms with Gasteiger partial charge in [0.1, 0.15) is 18.7 Å². The Kier molecular flexibility index (Phi) is 13.7. The van der Waals surface area contributed by atoms with E-state index in [-0.39, 0.29) is 38.4 Å². The van der Waals surface area contributed by atoms with Crippen LogP contribution < -0.4 is 16.0 Å². The minimum atomic E-state index is -1.22. The van der Waals surface area contributed by atoms with Gasteiger partial charge in [0, 0.05) is 24.7 Å². The van der Waals surface area contributed by atoms with Crippen LogP contribution in [0.4, 0.5) is 4.79 Å². The highest BCUT2D eigenvalue weighted by Crippen LogP contribution is 2.20. The molecule has 12 heteroatoms. The first-order valence-electron chi connectivity index (χ1n) is 16.5. The lowest BCUT2D eigenvalue weighted by molar-refractivity contribution is -0.146. The minimum Gasteiger partial charge on any atom is -0.466 e. The number of nitrogens with one attached hydrogen (secondary N) is 4. The number of esters is 1. The number of benzene rings is 3. The maximum atomic E-state index is 14.1. The number of amides is 3. The molecule has 5 atom stereocenters. The summed E-state index contributed by atoms with van der Waals surface area (Å²) in [7, 11) is 0. The molecular weight excluding hydrogens is 626 g/mol. The van der Waals surface area contributed by atoms with Gasteiger partial charge >= 0.3 is 12.1 Å². The van der Waals surface area contributed by atoms with Gasteiger partial charge in [0.2, 0.25) is 11.8 Å². The summed E-state index contributed by atoms with van der Waals surface area (Å²) in [5.41, 5.74) is 2.17. The van der Waals surface area contributed by atoms with E-state index in [1.165, 1.54) is 6.33 Å². The lowest BCUT2D eigenvalue weighted by Crippen LogP contribution is -2.58. The number of carbonyl (C=O) groups excluding carboxylic acids is 4. The van der Waals surface area contributed by atoms with Crippen molar-refractivity contribution in [1.82, 2.24) is 25.9 Å². The van der Waals surface area contributed by atoms with Gasteiger partial charge in [-0.25, -0.2) is 9.78 Å². The first-order chi connectivity index (χ1) is 23.7. The molecule has 12 nitrogen and oxygen atoms in total. The van der Waals surface area contributed by atoms with Crippen molar-refractivity contribution in [3.8, 4) is 0 Å². The number of aliphatic hydroxyl groups excluding tert-OH is 1.